The van der Waals surface area contributed by atoms with Crippen molar-refractivity contribution in [1.82, 2.24) is 6.15 Å². The highest BCUT2D eigenvalue weighted by Crippen LogP contribution is 2.43. The van der Waals surface area contributed by atoms with E-state index >= 15 is 0 Å². The standard InChI is InChI=1S/C7H12.H3N/c1-2-7-4-3-6(1)5-7;/h6-7H,1-5H2;1H3. The quantitative estimate of drug-likeness (QED) is 0.514. The molecule has 2 aliphatic rings. The molecule has 48 valence electrons. The van der Waals surface area contributed by atoms with Gasteiger partial charge in [-0.25, -0.2) is 0 Å². The third-order valence-electron chi connectivity index (χ3n) is 2.63. The first-order chi connectivity index (χ1) is 3.45. The van der Waals surface area contributed by atoms with Crippen molar-refractivity contribution in [2.75, 3.05) is 0 Å². The molecule has 8 heavy (non-hydrogen) atoms. The smallest absolute Gasteiger partial charge is 0.0411 e. The molecule has 0 aromatic rings. The van der Waals surface area contributed by atoms with E-state index in [0.29, 0.717) is 0 Å². The van der Waals surface area contributed by atoms with Gasteiger partial charge in [0.15, 0.2) is 0 Å². The molecule has 2 aliphatic carbocycles. The van der Waals surface area contributed by atoms with Crippen LogP contribution in [0, 0.1) is 11.8 Å². The third-order valence-corrected chi connectivity index (χ3v) is 2.63. The second-order valence-electron chi connectivity index (χ2n) is 3.12. The van der Waals surface area contributed by atoms with Crippen LogP contribution in [0.15, 0.2) is 0 Å². The molecule has 2 fully saturated rings. The average Bonchev–Trinajstić information content (AvgIpc) is 2.22. The second kappa shape index (κ2) is 2.06. The lowest BCUT2D eigenvalue weighted by atomic mass is 10.0. The lowest BCUT2D eigenvalue weighted by molar-refractivity contribution is 0.480. The molecule has 2 bridgehead atoms. The average molecular weight is 113 g/mol. The molecule has 0 atom stereocenters. The van der Waals surface area contributed by atoms with Gasteiger partial charge in [-0.05, 0) is 18.3 Å². The molecular weight excluding hydrogens is 98.1 g/mol. The summed E-state index contributed by atoms with van der Waals surface area (Å²) < 4.78 is 0. The Morgan fingerprint density at radius 2 is 1.12 bits per heavy atom. The second-order valence-corrected chi connectivity index (χ2v) is 3.12. The van der Waals surface area contributed by atoms with Crippen LogP contribution in [-0.4, -0.2) is 0 Å². The fourth-order valence-electron chi connectivity index (χ4n) is 2.17. The van der Waals surface area contributed by atoms with E-state index in [0.717, 1.165) is 0 Å². The van der Waals surface area contributed by atoms with E-state index in [1.165, 1.54) is 11.8 Å². The molecule has 0 spiro atoms. The maximum absolute atomic E-state index is 1.58. The normalized spacial score (nSPS) is 42.0. The van der Waals surface area contributed by atoms with E-state index in [1.807, 2.05) is 0 Å². The summed E-state index contributed by atoms with van der Waals surface area (Å²) in [6.45, 7) is 0. The Morgan fingerprint density at radius 1 is 0.750 bits per heavy atom. The van der Waals surface area contributed by atoms with E-state index in [4.69, 9.17) is 0 Å². The van der Waals surface area contributed by atoms with Crippen LogP contribution in [0.4, 0.5) is 0 Å². The summed E-state index contributed by atoms with van der Waals surface area (Å²) in [5.74, 6) is 2.34. The van der Waals surface area contributed by atoms with Crippen molar-refractivity contribution in [2.24, 2.45) is 11.8 Å². The maximum atomic E-state index is 1.58. The van der Waals surface area contributed by atoms with Gasteiger partial charge in [-0.15, -0.1) is 0 Å². The summed E-state index contributed by atoms with van der Waals surface area (Å²) in [4.78, 5) is 0. The largest absolute Gasteiger partial charge is 0.344 e. The van der Waals surface area contributed by atoms with Crippen molar-refractivity contribution in [2.45, 2.75) is 32.1 Å². The van der Waals surface area contributed by atoms with E-state index in [1.54, 1.807) is 32.1 Å². The van der Waals surface area contributed by atoms with Gasteiger partial charge in [0, 0.05) is 0 Å². The van der Waals surface area contributed by atoms with Crippen LogP contribution in [-0.2, 0) is 0 Å². The Labute approximate surface area is 51.1 Å². The zero-order valence-corrected chi connectivity index (χ0v) is 5.40. The predicted molar refractivity (Wildman–Crippen MR) is 35.1 cm³/mol. The monoisotopic (exact) mass is 113 g/mol. The Morgan fingerprint density at radius 3 is 1.25 bits per heavy atom. The van der Waals surface area contributed by atoms with Crippen molar-refractivity contribution in [3.63, 3.8) is 0 Å². The van der Waals surface area contributed by atoms with Crippen LogP contribution in [0.2, 0.25) is 0 Å². The summed E-state index contributed by atoms with van der Waals surface area (Å²) in [6.07, 6.45) is 7.82. The van der Waals surface area contributed by atoms with Gasteiger partial charge < -0.3 is 6.15 Å². The predicted octanol–water partition coefficient (Wildman–Crippen LogP) is 2.36. The summed E-state index contributed by atoms with van der Waals surface area (Å²) in [5, 5.41) is 0. The van der Waals surface area contributed by atoms with Gasteiger partial charge in [0.1, 0.15) is 0 Å². The summed E-state index contributed by atoms with van der Waals surface area (Å²) in [7, 11) is 0. The highest BCUT2D eigenvalue weighted by Gasteiger charge is 2.30. The summed E-state index contributed by atoms with van der Waals surface area (Å²) in [5.41, 5.74) is 0. The molecule has 0 unspecified atom stereocenters. The minimum atomic E-state index is 0. The number of hydrogen-bond acceptors (Lipinski definition) is 1. The molecule has 3 N–H and O–H groups in total. The molecule has 0 aromatic carbocycles. The summed E-state index contributed by atoms with van der Waals surface area (Å²) in [6, 6.07) is 0. The van der Waals surface area contributed by atoms with Gasteiger partial charge in [-0.3, -0.25) is 0 Å². The number of fused-ring (bicyclic) bond motifs is 2. The minimum absolute atomic E-state index is 0. The van der Waals surface area contributed by atoms with Crippen LogP contribution in [0.3, 0.4) is 0 Å². The van der Waals surface area contributed by atoms with E-state index < -0.39 is 0 Å². The first-order valence-electron chi connectivity index (χ1n) is 3.45. The zero-order valence-electron chi connectivity index (χ0n) is 5.40. The van der Waals surface area contributed by atoms with Gasteiger partial charge in [0.25, 0.3) is 0 Å². The SMILES string of the molecule is C1CC2CCC1C2.N. The van der Waals surface area contributed by atoms with E-state index in [-0.39, 0.29) is 6.15 Å². The van der Waals surface area contributed by atoms with Crippen LogP contribution in [0.25, 0.3) is 0 Å². The first-order valence-corrected chi connectivity index (χ1v) is 3.45. The van der Waals surface area contributed by atoms with Crippen LogP contribution < -0.4 is 6.15 Å². The highest BCUT2D eigenvalue weighted by molar-refractivity contribution is 4.82. The fourth-order valence-corrected chi connectivity index (χ4v) is 2.17. The molecule has 1 heteroatoms. The maximum Gasteiger partial charge on any atom is -0.0411 e. The van der Waals surface area contributed by atoms with Crippen molar-refractivity contribution in [3.8, 4) is 0 Å². The molecule has 0 saturated heterocycles. The molecule has 0 aromatic heterocycles. The molecule has 0 heterocycles. The van der Waals surface area contributed by atoms with Gasteiger partial charge in [0.2, 0.25) is 0 Å². The minimum Gasteiger partial charge on any atom is -0.344 e. The van der Waals surface area contributed by atoms with Gasteiger partial charge in [-0.1, -0.05) is 25.7 Å². The van der Waals surface area contributed by atoms with E-state index in [2.05, 4.69) is 0 Å². The lowest BCUT2D eigenvalue weighted by Gasteiger charge is -2.05. The van der Waals surface area contributed by atoms with Gasteiger partial charge >= 0.3 is 0 Å². The highest BCUT2D eigenvalue weighted by atomic mass is 14.4. The Hall–Kier alpha value is -0.0400. The molecule has 0 radical (unpaired) electrons. The fraction of sp³-hybridized carbons (Fsp3) is 1.00. The Balaban J connectivity index is 0.000000320. The number of rotatable bonds is 0. The topological polar surface area (TPSA) is 35.0 Å². The van der Waals surface area contributed by atoms with Crippen molar-refractivity contribution >= 4 is 0 Å². The molecule has 2 saturated carbocycles. The zero-order chi connectivity index (χ0) is 4.69. The van der Waals surface area contributed by atoms with Crippen molar-refractivity contribution in [3.05, 3.63) is 0 Å². The first kappa shape index (κ1) is 6.09. The van der Waals surface area contributed by atoms with Crippen molar-refractivity contribution < 1.29 is 0 Å². The van der Waals surface area contributed by atoms with Crippen LogP contribution in [0.1, 0.15) is 32.1 Å². The van der Waals surface area contributed by atoms with Gasteiger partial charge in [-0.2, -0.15) is 0 Å². The van der Waals surface area contributed by atoms with Crippen LogP contribution >= 0.6 is 0 Å². The van der Waals surface area contributed by atoms with E-state index in [9.17, 15) is 0 Å². The summed E-state index contributed by atoms with van der Waals surface area (Å²) >= 11 is 0. The Kier molecular flexibility index (Phi) is 1.57. The molecule has 0 aliphatic heterocycles. The Bertz CT molecular complexity index is 62.5. The van der Waals surface area contributed by atoms with Crippen molar-refractivity contribution in [1.29, 1.82) is 0 Å². The molecule has 1 nitrogen and oxygen atoms in total. The molecule has 0 amide bonds. The van der Waals surface area contributed by atoms with Crippen LogP contribution in [0.5, 0.6) is 0 Å². The number of hydrogen-bond donors (Lipinski definition) is 1. The third kappa shape index (κ3) is 0.752. The lowest BCUT2D eigenvalue weighted by Crippen LogP contribution is -1.90. The molecule has 2 rings (SSSR count). The van der Waals surface area contributed by atoms with Gasteiger partial charge in [0.05, 0.1) is 0 Å². The molecular formula is C7H15N.